The standard InChI is InChI=1S/C56H98O6/c1-4-7-10-13-16-19-22-24-26-27-28-29-30-32-34-37-40-43-46-49-55(58)61-52-53(51-60-54(57)48-45-42-39-36-33-21-18-15-12-9-6-3)62-56(59)50-47-44-41-38-35-31-25-23-20-17-14-11-8-5-2/h7,10,16,19,24,26,28-29,31,35,53H,4-6,8-9,11-15,17-18,20-23,25,27,30,32-34,36-52H2,1-3H3/b10-7-,19-16-,26-24-,29-28-,35-31-. The van der Waals surface area contributed by atoms with Gasteiger partial charge in [-0.25, -0.2) is 0 Å². The van der Waals surface area contributed by atoms with E-state index in [2.05, 4.69) is 81.5 Å². The molecular weight excluding hydrogens is 769 g/mol. The molecule has 0 aromatic rings. The maximum absolute atomic E-state index is 12.8. The number of allylic oxidation sites excluding steroid dienone is 10. The van der Waals surface area contributed by atoms with Crippen LogP contribution in [0.25, 0.3) is 0 Å². The van der Waals surface area contributed by atoms with Gasteiger partial charge in [0.05, 0.1) is 0 Å². The predicted octanol–water partition coefficient (Wildman–Crippen LogP) is 17.3. The van der Waals surface area contributed by atoms with Crippen LogP contribution in [-0.4, -0.2) is 37.2 Å². The number of esters is 3. The first-order valence-corrected chi connectivity index (χ1v) is 26.3. The predicted molar refractivity (Wildman–Crippen MR) is 265 cm³/mol. The summed E-state index contributed by atoms with van der Waals surface area (Å²) in [7, 11) is 0. The first-order chi connectivity index (χ1) is 30.5. The minimum atomic E-state index is -0.785. The second-order valence-electron chi connectivity index (χ2n) is 17.4. The highest BCUT2D eigenvalue weighted by molar-refractivity contribution is 5.71. The van der Waals surface area contributed by atoms with Gasteiger partial charge >= 0.3 is 17.9 Å². The Balaban J connectivity index is 4.38. The molecule has 1 unspecified atom stereocenters. The molecule has 0 aliphatic heterocycles. The van der Waals surface area contributed by atoms with E-state index in [1.54, 1.807) is 0 Å². The summed E-state index contributed by atoms with van der Waals surface area (Å²) < 4.78 is 16.8. The van der Waals surface area contributed by atoms with Crippen molar-refractivity contribution in [2.45, 2.75) is 264 Å². The lowest BCUT2D eigenvalue weighted by atomic mass is 10.1. The Hall–Kier alpha value is -2.89. The smallest absolute Gasteiger partial charge is 0.306 e. The molecule has 0 saturated carbocycles. The van der Waals surface area contributed by atoms with Gasteiger partial charge in [0.15, 0.2) is 6.10 Å². The number of rotatable bonds is 47. The zero-order valence-corrected chi connectivity index (χ0v) is 40.9. The Bertz CT molecular complexity index is 1130. The fraction of sp³-hybridized carbons (Fsp3) is 0.768. The van der Waals surface area contributed by atoms with Gasteiger partial charge in [-0.15, -0.1) is 0 Å². The lowest BCUT2D eigenvalue weighted by Gasteiger charge is -2.18. The van der Waals surface area contributed by atoms with E-state index in [-0.39, 0.29) is 31.1 Å². The molecule has 0 aromatic heterocycles. The fourth-order valence-corrected chi connectivity index (χ4v) is 7.31. The van der Waals surface area contributed by atoms with Crippen LogP contribution in [0.3, 0.4) is 0 Å². The third-order valence-electron chi connectivity index (χ3n) is 11.3. The van der Waals surface area contributed by atoms with Crippen LogP contribution in [0.15, 0.2) is 60.8 Å². The molecule has 0 spiro atoms. The maximum atomic E-state index is 12.8. The van der Waals surface area contributed by atoms with E-state index >= 15 is 0 Å². The van der Waals surface area contributed by atoms with Crippen molar-refractivity contribution in [2.24, 2.45) is 0 Å². The van der Waals surface area contributed by atoms with Crippen LogP contribution in [0.5, 0.6) is 0 Å². The van der Waals surface area contributed by atoms with Gasteiger partial charge in [0.2, 0.25) is 0 Å². The van der Waals surface area contributed by atoms with Crippen LogP contribution in [-0.2, 0) is 28.6 Å². The summed E-state index contributed by atoms with van der Waals surface area (Å²) >= 11 is 0. The lowest BCUT2D eigenvalue weighted by Crippen LogP contribution is -2.30. The topological polar surface area (TPSA) is 78.9 Å². The molecule has 0 bridgehead atoms. The van der Waals surface area contributed by atoms with E-state index in [0.717, 1.165) is 103 Å². The molecule has 6 heteroatoms. The van der Waals surface area contributed by atoms with Crippen LogP contribution in [0.4, 0.5) is 0 Å². The molecule has 0 fully saturated rings. The lowest BCUT2D eigenvalue weighted by molar-refractivity contribution is -0.167. The Kier molecular flexibility index (Phi) is 48.4. The first kappa shape index (κ1) is 59.1. The van der Waals surface area contributed by atoms with E-state index in [1.807, 2.05) is 0 Å². The van der Waals surface area contributed by atoms with Crippen molar-refractivity contribution in [2.75, 3.05) is 13.2 Å². The minimum absolute atomic E-state index is 0.0830. The molecule has 62 heavy (non-hydrogen) atoms. The van der Waals surface area contributed by atoms with Crippen LogP contribution < -0.4 is 0 Å². The van der Waals surface area contributed by atoms with Crippen molar-refractivity contribution in [1.29, 1.82) is 0 Å². The van der Waals surface area contributed by atoms with Gasteiger partial charge in [0.25, 0.3) is 0 Å². The van der Waals surface area contributed by atoms with Gasteiger partial charge in [0, 0.05) is 19.3 Å². The molecule has 1 atom stereocenters. The van der Waals surface area contributed by atoms with Crippen molar-refractivity contribution >= 4 is 17.9 Å². The summed E-state index contributed by atoms with van der Waals surface area (Å²) in [6, 6.07) is 0. The molecule has 0 saturated heterocycles. The van der Waals surface area contributed by atoms with E-state index in [0.29, 0.717) is 19.3 Å². The molecule has 0 aromatic carbocycles. The Labute approximate surface area is 383 Å². The highest BCUT2D eigenvalue weighted by Crippen LogP contribution is 2.15. The van der Waals surface area contributed by atoms with Crippen molar-refractivity contribution in [3.63, 3.8) is 0 Å². The summed E-state index contributed by atoms with van der Waals surface area (Å²) in [6.45, 7) is 6.50. The van der Waals surface area contributed by atoms with Crippen molar-refractivity contribution in [1.82, 2.24) is 0 Å². The van der Waals surface area contributed by atoms with Gasteiger partial charge in [-0.3, -0.25) is 14.4 Å². The zero-order chi connectivity index (χ0) is 45.1. The van der Waals surface area contributed by atoms with E-state index in [9.17, 15) is 14.4 Å². The maximum Gasteiger partial charge on any atom is 0.306 e. The first-order valence-electron chi connectivity index (χ1n) is 26.3. The summed E-state index contributed by atoms with van der Waals surface area (Å²) in [5.74, 6) is -0.909. The Morgan fingerprint density at radius 1 is 0.339 bits per heavy atom. The normalized spacial score (nSPS) is 12.5. The van der Waals surface area contributed by atoms with Crippen LogP contribution in [0.2, 0.25) is 0 Å². The number of hydrogen-bond donors (Lipinski definition) is 0. The quantitative estimate of drug-likeness (QED) is 0.0262. The Morgan fingerprint density at radius 2 is 0.629 bits per heavy atom. The molecule has 0 radical (unpaired) electrons. The molecule has 6 nitrogen and oxygen atoms in total. The fourth-order valence-electron chi connectivity index (χ4n) is 7.31. The molecule has 0 aliphatic carbocycles. The van der Waals surface area contributed by atoms with Crippen LogP contribution in [0.1, 0.15) is 258 Å². The molecule has 0 amide bonds. The van der Waals surface area contributed by atoms with E-state index in [1.165, 1.54) is 116 Å². The Morgan fingerprint density at radius 3 is 1.02 bits per heavy atom. The number of carbonyl (C=O) groups excluding carboxylic acids is 3. The summed E-state index contributed by atoms with van der Waals surface area (Å²) in [6.07, 6.45) is 62.0. The van der Waals surface area contributed by atoms with E-state index in [4.69, 9.17) is 14.2 Å². The SMILES string of the molecule is CC/C=C\C/C=C\C/C=C\C/C=C\CCCCCCCCC(=O)OCC(COC(=O)CCCCCCCCCCCCC)OC(=O)CCCCC/C=C\CCCCCCCCC. The summed E-state index contributed by atoms with van der Waals surface area (Å²) in [4.78, 5) is 37.9. The summed E-state index contributed by atoms with van der Waals surface area (Å²) in [5, 5.41) is 0. The second kappa shape index (κ2) is 50.8. The molecule has 0 aliphatic rings. The number of ether oxygens (including phenoxy) is 3. The third-order valence-corrected chi connectivity index (χ3v) is 11.3. The van der Waals surface area contributed by atoms with Crippen LogP contribution in [0, 0.1) is 0 Å². The van der Waals surface area contributed by atoms with Gasteiger partial charge in [-0.1, -0.05) is 216 Å². The van der Waals surface area contributed by atoms with Crippen molar-refractivity contribution in [3.05, 3.63) is 60.8 Å². The second-order valence-corrected chi connectivity index (χ2v) is 17.4. The molecule has 0 N–H and O–H groups in total. The zero-order valence-electron chi connectivity index (χ0n) is 40.9. The highest BCUT2D eigenvalue weighted by atomic mass is 16.6. The molecule has 358 valence electrons. The van der Waals surface area contributed by atoms with E-state index < -0.39 is 6.10 Å². The number of carbonyl (C=O) groups is 3. The summed E-state index contributed by atoms with van der Waals surface area (Å²) in [5.41, 5.74) is 0. The average Bonchev–Trinajstić information content (AvgIpc) is 3.27. The molecule has 0 rings (SSSR count). The molecule has 0 heterocycles. The van der Waals surface area contributed by atoms with Crippen molar-refractivity contribution in [3.8, 4) is 0 Å². The van der Waals surface area contributed by atoms with Crippen LogP contribution >= 0.6 is 0 Å². The third kappa shape index (κ3) is 48.1. The van der Waals surface area contributed by atoms with Gasteiger partial charge < -0.3 is 14.2 Å². The average molecular weight is 867 g/mol. The highest BCUT2D eigenvalue weighted by Gasteiger charge is 2.19. The minimum Gasteiger partial charge on any atom is -0.462 e. The molecular formula is C56H98O6. The largest absolute Gasteiger partial charge is 0.462 e. The monoisotopic (exact) mass is 867 g/mol. The van der Waals surface area contributed by atoms with Crippen molar-refractivity contribution < 1.29 is 28.6 Å². The van der Waals surface area contributed by atoms with Gasteiger partial charge in [-0.2, -0.15) is 0 Å². The van der Waals surface area contributed by atoms with Gasteiger partial charge in [0.1, 0.15) is 13.2 Å². The number of hydrogen-bond acceptors (Lipinski definition) is 6. The van der Waals surface area contributed by atoms with Gasteiger partial charge in [-0.05, 0) is 83.5 Å². The number of unbranched alkanes of at least 4 members (excludes halogenated alkanes) is 26.